The fourth-order valence-corrected chi connectivity index (χ4v) is 1.95. The van der Waals surface area contributed by atoms with Crippen molar-refractivity contribution in [2.75, 3.05) is 36.6 Å². The summed E-state index contributed by atoms with van der Waals surface area (Å²) < 4.78 is 18.1. The molecule has 22 heavy (non-hydrogen) atoms. The average Bonchev–Trinajstić information content (AvgIpc) is 2.51. The molecule has 1 heterocycles. The van der Waals surface area contributed by atoms with Crippen LogP contribution >= 0.6 is 11.6 Å². The average molecular weight is 326 g/mol. The summed E-state index contributed by atoms with van der Waals surface area (Å²) in [5.74, 6) is 0.470. The van der Waals surface area contributed by atoms with E-state index in [1.165, 1.54) is 18.5 Å². The van der Waals surface area contributed by atoms with Crippen LogP contribution in [0.2, 0.25) is 5.02 Å². The lowest BCUT2D eigenvalue weighted by molar-refractivity contribution is 0.198. The molecule has 0 aliphatic carbocycles. The number of hydrogen-bond acceptors (Lipinski definition) is 6. The van der Waals surface area contributed by atoms with Crippen LogP contribution in [0.15, 0.2) is 24.5 Å². The van der Waals surface area contributed by atoms with E-state index in [0.29, 0.717) is 36.2 Å². The first-order valence-electron chi connectivity index (χ1n) is 6.67. The number of benzene rings is 1. The Hall–Kier alpha value is -2.12. The molecule has 4 N–H and O–H groups in total. The van der Waals surface area contributed by atoms with Crippen molar-refractivity contribution in [2.45, 2.75) is 6.42 Å². The number of nitrogens with two attached hydrogens (primary N) is 1. The van der Waals surface area contributed by atoms with Gasteiger partial charge in [-0.25, -0.2) is 14.4 Å². The third-order valence-corrected chi connectivity index (χ3v) is 3.17. The van der Waals surface area contributed by atoms with E-state index in [2.05, 4.69) is 20.6 Å². The zero-order valence-electron chi connectivity index (χ0n) is 12.1. The predicted molar refractivity (Wildman–Crippen MR) is 86.1 cm³/mol. The lowest BCUT2D eigenvalue weighted by Crippen LogP contribution is -2.10. The van der Waals surface area contributed by atoms with Gasteiger partial charge in [-0.1, -0.05) is 11.6 Å². The lowest BCUT2D eigenvalue weighted by atomic mass is 10.3. The third kappa shape index (κ3) is 4.19. The standard InChI is InChI=1S/C14H17ClFN5O/c1-22-6-2-5-18-13-12(17)14(20-8-19-13)21-9-3-4-11(16)10(15)7-9/h3-4,7-8H,2,5-6,17H2,1H3,(H2,18,19,20,21). The number of anilines is 4. The monoisotopic (exact) mass is 325 g/mol. The molecule has 0 saturated carbocycles. The van der Waals surface area contributed by atoms with Crippen LogP contribution in [-0.2, 0) is 4.74 Å². The number of methoxy groups -OCH3 is 1. The van der Waals surface area contributed by atoms with E-state index in [0.717, 1.165) is 6.42 Å². The number of rotatable bonds is 7. The van der Waals surface area contributed by atoms with Crippen molar-refractivity contribution in [3.8, 4) is 0 Å². The van der Waals surface area contributed by atoms with Crippen LogP contribution in [0.3, 0.4) is 0 Å². The van der Waals surface area contributed by atoms with Gasteiger partial charge in [-0.3, -0.25) is 0 Å². The number of nitrogens with one attached hydrogen (secondary N) is 2. The van der Waals surface area contributed by atoms with Gasteiger partial charge in [-0.05, 0) is 24.6 Å². The maximum Gasteiger partial charge on any atom is 0.159 e. The van der Waals surface area contributed by atoms with E-state index in [1.54, 1.807) is 13.2 Å². The van der Waals surface area contributed by atoms with Crippen molar-refractivity contribution >= 4 is 34.6 Å². The van der Waals surface area contributed by atoms with Crippen molar-refractivity contribution in [1.29, 1.82) is 0 Å². The molecule has 0 bridgehead atoms. The first-order valence-corrected chi connectivity index (χ1v) is 7.05. The summed E-state index contributed by atoms with van der Waals surface area (Å²) in [7, 11) is 1.65. The number of hydrogen-bond donors (Lipinski definition) is 3. The van der Waals surface area contributed by atoms with Crippen LogP contribution in [0.1, 0.15) is 6.42 Å². The van der Waals surface area contributed by atoms with Crippen molar-refractivity contribution in [3.05, 3.63) is 35.4 Å². The molecule has 6 nitrogen and oxygen atoms in total. The van der Waals surface area contributed by atoms with Gasteiger partial charge in [0, 0.05) is 25.9 Å². The predicted octanol–water partition coefficient (Wildman–Crippen LogP) is 3.04. The molecule has 0 unspecified atom stereocenters. The van der Waals surface area contributed by atoms with Crippen LogP contribution in [-0.4, -0.2) is 30.2 Å². The molecule has 8 heteroatoms. The highest BCUT2D eigenvalue weighted by Gasteiger charge is 2.09. The summed E-state index contributed by atoms with van der Waals surface area (Å²) in [5.41, 5.74) is 6.99. The largest absolute Gasteiger partial charge is 0.393 e. The summed E-state index contributed by atoms with van der Waals surface area (Å²) >= 11 is 5.75. The highest BCUT2D eigenvalue weighted by atomic mass is 35.5. The molecule has 0 atom stereocenters. The van der Waals surface area contributed by atoms with Crippen LogP contribution in [0.25, 0.3) is 0 Å². The fourth-order valence-electron chi connectivity index (χ4n) is 1.77. The van der Waals surface area contributed by atoms with Gasteiger partial charge in [0.2, 0.25) is 0 Å². The van der Waals surface area contributed by atoms with Crippen LogP contribution < -0.4 is 16.4 Å². The van der Waals surface area contributed by atoms with Crippen LogP contribution in [0.4, 0.5) is 27.4 Å². The minimum atomic E-state index is -0.483. The molecule has 118 valence electrons. The van der Waals surface area contributed by atoms with Crippen LogP contribution in [0.5, 0.6) is 0 Å². The van der Waals surface area contributed by atoms with Crippen molar-refractivity contribution in [3.63, 3.8) is 0 Å². The van der Waals surface area contributed by atoms with E-state index < -0.39 is 5.82 Å². The van der Waals surface area contributed by atoms with Gasteiger partial charge < -0.3 is 21.1 Å². The Bertz CT molecular complexity index is 641. The van der Waals surface area contributed by atoms with E-state index in [9.17, 15) is 4.39 Å². The minimum Gasteiger partial charge on any atom is -0.393 e. The number of halogens is 2. The van der Waals surface area contributed by atoms with E-state index in [1.807, 2.05) is 0 Å². The van der Waals surface area contributed by atoms with Crippen LogP contribution in [0, 0.1) is 5.82 Å². The smallest absolute Gasteiger partial charge is 0.159 e. The summed E-state index contributed by atoms with van der Waals surface area (Å²) in [6.45, 7) is 1.33. The number of nitrogen functional groups attached to an aromatic ring is 1. The van der Waals surface area contributed by atoms with Crippen molar-refractivity contribution in [1.82, 2.24) is 9.97 Å². The molecular formula is C14H17ClFN5O. The molecule has 0 fully saturated rings. The highest BCUT2D eigenvalue weighted by molar-refractivity contribution is 6.31. The first kappa shape index (κ1) is 16.3. The number of nitrogens with zero attached hydrogens (tertiary/aromatic N) is 2. The first-order chi connectivity index (χ1) is 10.6. The number of ether oxygens (including phenoxy) is 1. The molecule has 0 saturated heterocycles. The van der Waals surface area contributed by atoms with Gasteiger partial charge in [0.05, 0.1) is 5.02 Å². The second kappa shape index (κ2) is 7.77. The normalized spacial score (nSPS) is 10.5. The Morgan fingerprint density at radius 1 is 1.32 bits per heavy atom. The van der Waals surface area contributed by atoms with E-state index in [-0.39, 0.29) is 5.02 Å². The molecule has 0 aliphatic rings. The Balaban J connectivity index is 2.09. The molecule has 0 amide bonds. The molecule has 0 spiro atoms. The molecule has 0 aliphatic heterocycles. The topological polar surface area (TPSA) is 85.1 Å². The zero-order valence-corrected chi connectivity index (χ0v) is 12.8. The zero-order chi connectivity index (χ0) is 15.9. The molecule has 1 aromatic heterocycles. The molecule has 1 aromatic carbocycles. The summed E-state index contributed by atoms with van der Waals surface area (Å²) in [6, 6.07) is 4.28. The summed E-state index contributed by atoms with van der Waals surface area (Å²) in [4.78, 5) is 8.18. The van der Waals surface area contributed by atoms with E-state index in [4.69, 9.17) is 22.1 Å². The number of aromatic nitrogens is 2. The minimum absolute atomic E-state index is 0.0236. The maximum absolute atomic E-state index is 13.2. The SMILES string of the molecule is COCCCNc1ncnc(Nc2ccc(F)c(Cl)c2)c1N. The second-order valence-corrected chi connectivity index (χ2v) is 4.92. The Kier molecular flexibility index (Phi) is 5.74. The maximum atomic E-state index is 13.2. The fraction of sp³-hybridized carbons (Fsp3) is 0.286. The van der Waals surface area contributed by atoms with Gasteiger partial charge in [0.1, 0.15) is 17.8 Å². The molecule has 0 radical (unpaired) electrons. The molecule has 2 aromatic rings. The molecule has 2 rings (SSSR count). The highest BCUT2D eigenvalue weighted by Crippen LogP contribution is 2.27. The summed E-state index contributed by atoms with van der Waals surface area (Å²) in [6.07, 6.45) is 2.22. The van der Waals surface area contributed by atoms with Crippen molar-refractivity contribution in [2.24, 2.45) is 0 Å². The second-order valence-electron chi connectivity index (χ2n) is 4.51. The molecular weight excluding hydrogens is 309 g/mol. The van der Waals surface area contributed by atoms with Gasteiger partial charge in [0.25, 0.3) is 0 Å². The Morgan fingerprint density at radius 2 is 2.09 bits per heavy atom. The Labute approximate surface area is 132 Å². The van der Waals surface area contributed by atoms with E-state index >= 15 is 0 Å². The van der Waals surface area contributed by atoms with Gasteiger partial charge in [-0.2, -0.15) is 0 Å². The third-order valence-electron chi connectivity index (χ3n) is 2.88. The Morgan fingerprint density at radius 3 is 2.82 bits per heavy atom. The van der Waals surface area contributed by atoms with Gasteiger partial charge >= 0.3 is 0 Å². The van der Waals surface area contributed by atoms with Crippen molar-refractivity contribution < 1.29 is 9.13 Å². The summed E-state index contributed by atoms with van der Waals surface area (Å²) in [5, 5.41) is 6.13. The lowest BCUT2D eigenvalue weighted by Gasteiger charge is -2.12. The van der Waals surface area contributed by atoms with Gasteiger partial charge in [0.15, 0.2) is 11.6 Å². The van der Waals surface area contributed by atoms with Gasteiger partial charge in [-0.15, -0.1) is 0 Å². The quantitative estimate of drug-likeness (QED) is 0.678.